The number of nitrogens with one attached hydrogen (secondary N) is 1. The number of amides is 2. The Morgan fingerprint density at radius 2 is 2.12 bits per heavy atom. The summed E-state index contributed by atoms with van der Waals surface area (Å²) in [6.07, 6.45) is 4.88. The molecule has 0 spiro atoms. The second-order valence-corrected chi connectivity index (χ2v) is 8.74. The minimum Gasteiger partial charge on any atom is -0.491 e. The van der Waals surface area contributed by atoms with Crippen molar-refractivity contribution in [1.82, 2.24) is 14.3 Å². The minimum absolute atomic E-state index is 0.281. The van der Waals surface area contributed by atoms with Gasteiger partial charge < -0.3 is 24.5 Å². The Labute approximate surface area is 199 Å². The molecule has 1 aromatic heterocycles. The van der Waals surface area contributed by atoms with Crippen molar-refractivity contribution < 1.29 is 19.0 Å². The predicted octanol–water partition coefficient (Wildman–Crippen LogP) is 4.21. The Morgan fingerprint density at radius 3 is 2.81 bits per heavy atom. The number of nitrogens with two attached hydrogens (primary N) is 1. The summed E-state index contributed by atoms with van der Waals surface area (Å²) in [5.41, 5.74) is 5.75. The third-order valence-corrected chi connectivity index (χ3v) is 6.04. The van der Waals surface area contributed by atoms with Crippen LogP contribution in [0.2, 0.25) is 10.0 Å². The van der Waals surface area contributed by atoms with Crippen LogP contribution in [0.1, 0.15) is 5.56 Å². The maximum Gasteiger partial charge on any atom is 0.322 e. The smallest absolute Gasteiger partial charge is 0.322 e. The van der Waals surface area contributed by atoms with Crippen LogP contribution >= 0.6 is 35.1 Å². The highest BCUT2D eigenvalue weighted by Gasteiger charge is 2.45. The number of ether oxygens (including phenoxy) is 3. The molecule has 0 radical (unpaired) electrons. The molecule has 8 nitrogen and oxygen atoms in total. The van der Waals surface area contributed by atoms with Gasteiger partial charge in [0.25, 0.3) is 0 Å². The number of aromatic nitrogens is 2. The summed E-state index contributed by atoms with van der Waals surface area (Å²) in [7, 11) is 0. The van der Waals surface area contributed by atoms with Crippen molar-refractivity contribution in [3.8, 4) is 5.75 Å². The second kappa shape index (κ2) is 10.0. The summed E-state index contributed by atoms with van der Waals surface area (Å²) in [6.45, 7) is 0.969. The van der Waals surface area contributed by atoms with Gasteiger partial charge in [-0.3, -0.25) is 4.72 Å². The lowest BCUT2D eigenvalue weighted by atomic mass is 10.1. The molecule has 1 aliphatic heterocycles. The van der Waals surface area contributed by atoms with E-state index in [0.717, 1.165) is 16.8 Å². The van der Waals surface area contributed by atoms with Gasteiger partial charge in [0, 0.05) is 27.9 Å². The maximum absolute atomic E-state index is 10.8. The summed E-state index contributed by atoms with van der Waals surface area (Å²) < 4.78 is 22.7. The molecular weight excluding hydrogens is 475 g/mol. The van der Waals surface area contributed by atoms with Gasteiger partial charge >= 0.3 is 6.03 Å². The number of hydrogen-bond donors (Lipinski definition) is 2. The van der Waals surface area contributed by atoms with Crippen LogP contribution in [0.3, 0.4) is 0 Å². The van der Waals surface area contributed by atoms with Crippen molar-refractivity contribution in [3.05, 3.63) is 76.8 Å². The van der Waals surface area contributed by atoms with Crippen LogP contribution in [0.5, 0.6) is 5.75 Å². The van der Waals surface area contributed by atoms with Crippen LogP contribution in [0.15, 0.2) is 66.1 Å². The first-order chi connectivity index (χ1) is 15.4. The van der Waals surface area contributed by atoms with Crippen LogP contribution in [-0.4, -0.2) is 34.9 Å². The highest BCUT2D eigenvalue weighted by molar-refractivity contribution is 7.98. The van der Waals surface area contributed by atoms with Gasteiger partial charge in [-0.15, -0.1) is 0 Å². The number of imidazole rings is 1. The molecule has 32 heavy (non-hydrogen) atoms. The van der Waals surface area contributed by atoms with Crippen LogP contribution in [0, 0.1) is 0 Å². The Hall–Kier alpha value is -2.43. The van der Waals surface area contributed by atoms with E-state index in [2.05, 4.69) is 9.71 Å². The fourth-order valence-corrected chi connectivity index (χ4v) is 4.32. The predicted molar refractivity (Wildman–Crippen MR) is 122 cm³/mol. The SMILES string of the molecule is NC(=O)NSc1ccc(OCC2COC(Cn3ccnc3)(c3ccc(Cl)cc3Cl)O2)cc1. The number of urea groups is 1. The molecule has 2 aromatic carbocycles. The van der Waals surface area contributed by atoms with E-state index in [4.69, 9.17) is 43.1 Å². The fourth-order valence-electron chi connectivity index (χ4n) is 3.28. The highest BCUT2D eigenvalue weighted by atomic mass is 35.5. The molecule has 168 valence electrons. The topological polar surface area (TPSA) is 101 Å². The van der Waals surface area contributed by atoms with Gasteiger partial charge in [0.2, 0.25) is 5.79 Å². The van der Waals surface area contributed by atoms with Gasteiger partial charge in [-0.2, -0.15) is 0 Å². The van der Waals surface area contributed by atoms with Gasteiger partial charge in [0.05, 0.1) is 24.5 Å². The zero-order chi connectivity index (χ0) is 22.6. The molecule has 0 bridgehead atoms. The van der Waals surface area contributed by atoms with E-state index in [1.165, 1.54) is 0 Å². The Bertz CT molecular complexity index is 1070. The van der Waals surface area contributed by atoms with E-state index in [0.29, 0.717) is 34.5 Å². The number of benzene rings is 2. The number of rotatable bonds is 8. The summed E-state index contributed by atoms with van der Waals surface area (Å²) in [6, 6.07) is 11.9. The van der Waals surface area contributed by atoms with Crippen molar-refractivity contribution in [2.45, 2.75) is 23.3 Å². The van der Waals surface area contributed by atoms with Crippen LogP contribution < -0.4 is 15.2 Å². The first-order valence-electron chi connectivity index (χ1n) is 9.62. The Morgan fingerprint density at radius 1 is 1.31 bits per heavy atom. The summed E-state index contributed by atoms with van der Waals surface area (Å²) in [4.78, 5) is 15.7. The number of carbonyl (C=O) groups is 1. The van der Waals surface area contributed by atoms with E-state index in [1.807, 2.05) is 22.9 Å². The fraction of sp³-hybridized carbons (Fsp3) is 0.238. The molecule has 4 rings (SSSR count). The summed E-state index contributed by atoms with van der Waals surface area (Å²) in [5.74, 6) is -0.439. The number of halogens is 2. The van der Waals surface area contributed by atoms with Gasteiger partial charge in [-0.05, 0) is 48.3 Å². The van der Waals surface area contributed by atoms with Crippen LogP contribution in [-0.2, 0) is 21.8 Å². The quantitative estimate of drug-likeness (QED) is 0.454. The molecule has 2 heterocycles. The summed E-state index contributed by atoms with van der Waals surface area (Å²) >= 11 is 13.7. The molecule has 1 fully saturated rings. The van der Waals surface area contributed by atoms with E-state index in [-0.39, 0.29) is 12.7 Å². The zero-order valence-electron chi connectivity index (χ0n) is 16.7. The summed E-state index contributed by atoms with van der Waals surface area (Å²) in [5, 5.41) is 0.985. The molecule has 3 N–H and O–H groups in total. The third-order valence-electron chi connectivity index (χ3n) is 4.68. The molecule has 0 saturated carbocycles. The molecule has 2 amide bonds. The van der Waals surface area contributed by atoms with Crippen molar-refractivity contribution in [2.24, 2.45) is 5.73 Å². The van der Waals surface area contributed by atoms with Gasteiger partial charge in [-0.25, -0.2) is 9.78 Å². The monoisotopic (exact) mass is 494 g/mol. The number of nitrogens with zero attached hydrogens (tertiary/aromatic N) is 2. The van der Waals surface area contributed by atoms with Gasteiger partial charge in [-0.1, -0.05) is 29.3 Å². The largest absolute Gasteiger partial charge is 0.491 e. The lowest BCUT2D eigenvalue weighted by molar-refractivity contribution is -0.189. The van der Waals surface area contributed by atoms with Gasteiger partial charge in [0.1, 0.15) is 18.5 Å². The van der Waals surface area contributed by atoms with Crippen LogP contribution in [0.4, 0.5) is 4.79 Å². The molecular formula is C21H20Cl2N4O4S. The maximum atomic E-state index is 10.8. The lowest BCUT2D eigenvalue weighted by Crippen LogP contribution is -2.34. The highest BCUT2D eigenvalue weighted by Crippen LogP contribution is 2.40. The molecule has 2 unspecified atom stereocenters. The molecule has 11 heteroatoms. The standard InChI is InChI=1S/C21H20Cl2N4O4S/c22-14-1-6-18(19(23)9-14)21(12-27-8-7-25-13-27)30-11-16(31-21)10-29-15-2-4-17(5-3-15)32-26-20(24)28/h1-9,13,16H,10-12H2,(H3,24,26,28). The minimum atomic E-state index is -1.10. The van der Waals surface area contributed by atoms with Crippen molar-refractivity contribution in [1.29, 1.82) is 0 Å². The molecule has 2 atom stereocenters. The molecule has 3 aromatic rings. The van der Waals surface area contributed by atoms with Crippen molar-refractivity contribution >= 4 is 41.2 Å². The normalized spacial score (nSPS) is 20.2. The van der Waals surface area contributed by atoms with Crippen LogP contribution in [0.25, 0.3) is 0 Å². The third kappa shape index (κ3) is 5.48. The molecule has 1 saturated heterocycles. The number of hydrogen-bond acceptors (Lipinski definition) is 6. The van der Waals surface area contributed by atoms with E-state index in [1.54, 1.807) is 42.9 Å². The first-order valence-corrected chi connectivity index (χ1v) is 11.2. The average Bonchev–Trinajstić information content (AvgIpc) is 3.42. The Balaban J connectivity index is 1.44. The Kier molecular flexibility index (Phi) is 7.12. The zero-order valence-corrected chi connectivity index (χ0v) is 19.1. The average molecular weight is 495 g/mol. The number of primary amides is 1. The second-order valence-electron chi connectivity index (χ2n) is 7.01. The van der Waals surface area contributed by atoms with Crippen molar-refractivity contribution in [3.63, 3.8) is 0 Å². The van der Waals surface area contributed by atoms with Gasteiger partial charge in [0.15, 0.2) is 0 Å². The molecule has 0 aliphatic carbocycles. The molecule has 1 aliphatic rings. The van der Waals surface area contributed by atoms with E-state index >= 15 is 0 Å². The van der Waals surface area contributed by atoms with Crippen molar-refractivity contribution in [2.75, 3.05) is 13.2 Å². The van der Waals surface area contributed by atoms with E-state index in [9.17, 15) is 4.79 Å². The van der Waals surface area contributed by atoms with E-state index < -0.39 is 11.8 Å². The lowest BCUT2D eigenvalue weighted by Gasteiger charge is -2.30. The first kappa shape index (κ1) is 22.8. The number of carbonyl (C=O) groups excluding carboxylic acids is 1.